The van der Waals surface area contributed by atoms with Crippen molar-refractivity contribution in [3.05, 3.63) is 136 Å². The van der Waals surface area contributed by atoms with Crippen molar-refractivity contribution in [2.45, 2.75) is 32.0 Å². The summed E-state index contributed by atoms with van der Waals surface area (Å²) in [6.45, 7) is 4.04. The second-order valence-electron chi connectivity index (χ2n) is 8.10. The fourth-order valence-electron chi connectivity index (χ4n) is 3.83. The van der Waals surface area contributed by atoms with Gasteiger partial charge in [0.2, 0.25) is 0 Å². The van der Waals surface area contributed by atoms with Gasteiger partial charge in [-0.2, -0.15) is 0 Å². The highest BCUT2D eigenvalue weighted by Crippen LogP contribution is 2.36. The zero-order chi connectivity index (χ0) is 21.8. The summed E-state index contributed by atoms with van der Waals surface area (Å²) < 4.78 is 0. The molecule has 1 atom stereocenters. The van der Waals surface area contributed by atoms with Crippen LogP contribution in [0.2, 0.25) is 0 Å². The summed E-state index contributed by atoms with van der Waals surface area (Å²) in [5.74, 6) is 0. The van der Waals surface area contributed by atoms with E-state index < -0.39 is 11.7 Å². The van der Waals surface area contributed by atoms with Crippen LogP contribution in [0.25, 0.3) is 0 Å². The summed E-state index contributed by atoms with van der Waals surface area (Å²) in [7, 11) is 0. The van der Waals surface area contributed by atoms with Gasteiger partial charge < -0.3 is 10.2 Å². The van der Waals surface area contributed by atoms with Crippen molar-refractivity contribution in [2.75, 3.05) is 0 Å². The van der Waals surface area contributed by atoms with Gasteiger partial charge in [0.25, 0.3) is 0 Å². The molecule has 3 aromatic carbocycles. The Hall–Kier alpha value is -3.27. The first-order chi connectivity index (χ1) is 15.0. The molecular weight excluding hydrogens is 382 g/mol. The molecule has 0 amide bonds. The molecule has 0 saturated heterocycles. The molecule has 1 aromatic heterocycles. The summed E-state index contributed by atoms with van der Waals surface area (Å²) >= 11 is 0. The van der Waals surface area contributed by atoms with Crippen molar-refractivity contribution in [1.29, 1.82) is 0 Å². The second kappa shape index (κ2) is 8.84. The van der Waals surface area contributed by atoms with E-state index >= 15 is 0 Å². The Labute approximate surface area is 183 Å². The summed E-state index contributed by atoms with van der Waals surface area (Å²) in [6.07, 6.45) is -0.298. The van der Waals surface area contributed by atoms with Crippen LogP contribution >= 0.6 is 0 Å². The lowest BCUT2D eigenvalue weighted by atomic mass is 9.82. The largest absolute Gasteiger partial charge is 0.386 e. The van der Waals surface area contributed by atoms with Crippen LogP contribution in [0.4, 0.5) is 0 Å². The van der Waals surface area contributed by atoms with E-state index in [1.54, 1.807) is 0 Å². The number of aromatic nitrogens is 1. The minimum Gasteiger partial charge on any atom is -0.386 e. The Morgan fingerprint density at radius 3 is 1.81 bits per heavy atom. The second-order valence-corrected chi connectivity index (χ2v) is 8.10. The summed E-state index contributed by atoms with van der Waals surface area (Å²) in [4.78, 5) is 4.74. The van der Waals surface area contributed by atoms with Crippen molar-refractivity contribution in [3.63, 3.8) is 0 Å². The van der Waals surface area contributed by atoms with E-state index in [-0.39, 0.29) is 0 Å². The molecule has 3 heteroatoms. The van der Waals surface area contributed by atoms with Crippen molar-refractivity contribution in [2.24, 2.45) is 0 Å². The van der Waals surface area contributed by atoms with Gasteiger partial charge in [-0.25, -0.2) is 0 Å². The number of aliphatic hydroxyl groups is 2. The van der Waals surface area contributed by atoms with Gasteiger partial charge in [-0.1, -0.05) is 96.1 Å². The van der Waals surface area contributed by atoms with Crippen LogP contribution in [0.1, 0.15) is 45.3 Å². The van der Waals surface area contributed by atoms with Gasteiger partial charge in [0, 0.05) is 6.42 Å². The van der Waals surface area contributed by atoms with Gasteiger partial charge in [-0.3, -0.25) is 4.98 Å². The quantitative estimate of drug-likeness (QED) is 0.457. The molecule has 0 spiro atoms. The molecule has 0 saturated carbocycles. The SMILES string of the molecule is Cc1ccc(C(O)(c2ccc(C)cc2)c2cccc(C(O)Cc3ccccc3)n2)cc1. The molecule has 1 heterocycles. The minimum atomic E-state index is -1.43. The Bertz CT molecular complexity index is 1090. The van der Waals surface area contributed by atoms with E-state index in [2.05, 4.69) is 0 Å². The first-order valence-corrected chi connectivity index (χ1v) is 10.5. The molecule has 0 aliphatic carbocycles. The van der Waals surface area contributed by atoms with Gasteiger partial charge in [0.1, 0.15) is 0 Å². The molecule has 1 unspecified atom stereocenters. The maximum atomic E-state index is 12.1. The lowest BCUT2D eigenvalue weighted by molar-refractivity contribution is 0.118. The van der Waals surface area contributed by atoms with Crippen LogP contribution in [0.15, 0.2) is 97.1 Å². The maximum Gasteiger partial charge on any atom is 0.157 e. The summed E-state index contributed by atoms with van der Waals surface area (Å²) in [5, 5.41) is 22.9. The normalized spacial score (nSPS) is 12.5. The van der Waals surface area contributed by atoms with Gasteiger partial charge in [0.05, 0.1) is 17.5 Å². The maximum absolute atomic E-state index is 12.1. The first kappa shape index (κ1) is 21.0. The number of hydrogen-bond donors (Lipinski definition) is 2. The number of hydrogen-bond acceptors (Lipinski definition) is 3. The first-order valence-electron chi connectivity index (χ1n) is 10.5. The van der Waals surface area contributed by atoms with Gasteiger partial charge in [-0.15, -0.1) is 0 Å². The fourth-order valence-corrected chi connectivity index (χ4v) is 3.83. The van der Waals surface area contributed by atoms with Crippen molar-refractivity contribution in [3.8, 4) is 0 Å². The average molecular weight is 410 g/mol. The molecule has 0 radical (unpaired) electrons. The van der Waals surface area contributed by atoms with Crippen molar-refractivity contribution in [1.82, 2.24) is 4.98 Å². The van der Waals surface area contributed by atoms with Crippen LogP contribution < -0.4 is 0 Å². The van der Waals surface area contributed by atoms with E-state index in [0.717, 1.165) is 27.8 Å². The molecule has 31 heavy (non-hydrogen) atoms. The van der Waals surface area contributed by atoms with Gasteiger partial charge in [0.15, 0.2) is 5.60 Å². The van der Waals surface area contributed by atoms with E-state index in [1.807, 2.05) is 111 Å². The Morgan fingerprint density at radius 1 is 0.710 bits per heavy atom. The van der Waals surface area contributed by atoms with Crippen LogP contribution in [0.3, 0.4) is 0 Å². The van der Waals surface area contributed by atoms with Crippen LogP contribution in [-0.2, 0) is 12.0 Å². The molecule has 3 nitrogen and oxygen atoms in total. The van der Waals surface area contributed by atoms with E-state index in [9.17, 15) is 10.2 Å². The standard InChI is InChI=1S/C28H27NO2/c1-20-11-15-23(16-12-20)28(31,24-17-13-21(2)14-18-24)27-10-6-9-25(29-27)26(30)19-22-7-4-3-5-8-22/h3-18,26,30-31H,19H2,1-2H3. The summed E-state index contributed by atoms with van der Waals surface area (Å²) in [6, 6.07) is 31.0. The van der Waals surface area contributed by atoms with Gasteiger partial charge >= 0.3 is 0 Å². The molecule has 0 bridgehead atoms. The number of rotatable bonds is 6. The zero-order valence-electron chi connectivity index (χ0n) is 17.9. The molecule has 0 fully saturated rings. The third-order valence-corrected chi connectivity index (χ3v) is 5.69. The van der Waals surface area contributed by atoms with Crippen molar-refractivity contribution < 1.29 is 10.2 Å². The Balaban J connectivity index is 1.77. The van der Waals surface area contributed by atoms with Crippen LogP contribution in [0.5, 0.6) is 0 Å². The Kier molecular flexibility index (Phi) is 5.99. The molecule has 4 rings (SSSR count). The highest BCUT2D eigenvalue weighted by atomic mass is 16.3. The molecule has 156 valence electrons. The Morgan fingerprint density at radius 2 is 1.26 bits per heavy atom. The minimum absolute atomic E-state index is 0.463. The fraction of sp³-hybridized carbons (Fsp3) is 0.179. The number of nitrogens with zero attached hydrogens (tertiary/aromatic N) is 1. The molecular formula is C28H27NO2. The molecule has 4 aromatic rings. The average Bonchev–Trinajstić information content (AvgIpc) is 2.80. The van der Waals surface area contributed by atoms with Crippen LogP contribution in [0, 0.1) is 13.8 Å². The molecule has 2 N–H and O–H groups in total. The smallest absolute Gasteiger partial charge is 0.157 e. The van der Waals surface area contributed by atoms with E-state index in [0.29, 0.717) is 17.8 Å². The predicted molar refractivity (Wildman–Crippen MR) is 124 cm³/mol. The molecule has 0 aliphatic heterocycles. The molecule has 0 aliphatic rings. The highest BCUT2D eigenvalue weighted by molar-refractivity contribution is 5.46. The van der Waals surface area contributed by atoms with E-state index in [1.165, 1.54) is 0 Å². The van der Waals surface area contributed by atoms with Crippen molar-refractivity contribution >= 4 is 0 Å². The highest BCUT2D eigenvalue weighted by Gasteiger charge is 2.35. The number of aliphatic hydroxyl groups excluding tert-OH is 1. The third kappa shape index (κ3) is 4.43. The monoisotopic (exact) mass is 409 g/mol. The lowest BCUT2D eigenvalue weighted by Gasteiger charge is -2.30. The topological polar surface area (TPSA) is 53.4 Å². The number of pyridine rings is 1. The third-order valence-electron chi connectivity index (χ3n) is 5.69. The predicted octanol–water partition coefficient (Wildman–Crippen LogP) is 5.26. The van der Waals surface area contributed by atoms with Crippen LogP contribution in [-0.4, -0.2) is 15.2 Å². The number of benzene rings is 3. The number of aryl methyl sites for hydroxylation is 2. The summed E-state index contributed by atoms with van der Waals surface area (Å²) in [5.41, 5.74) is 4.36. The van der Waals surface area contributed by atoms with E-state index in [4.69, 9.17) is 4.98 Å². The lowest BCUT2D eigenvalue weighted by Crippen LogP contribution is -2.30. The van der Waals surface area contributed by atoms with Gasteiger partial charge in [-0.05, 0) is 42.7 Å². The zero-order valence-corrected chi connectivity index (χ0v) is 17.9.